The zero-order valence-electron chi connectivity index (χ0n) is 14.8. The second-order valence-electron chi connectivity index (χ2n) is 6.62. The Balaban J connectivity index is 1.87. The molecule has 6 heteroatoms. The third kappa shape index (κ3) is 3.74. The van der Waals surface area contributed by atoms with E-state index in [9.17, 15) is 9.59 Å². The van der Waals surface area contributed by atoms with Crippen molar-refractivity contribution in [3.05, 3.63) is 51.5 Å². The van der Waals surface area contributed by atoms with Crippen molar-refractivity contribution >= 4 is 23.2 Å². The van der Waals surface area contributed by atoms with Gasteiger partial charge in [-0.2, -0.15) is 0 Å². The highest BCUT2D eigenvalue weighted by Gasteiger charge is 2.35. The SMILES string of the molecule is Cc1nc(C(C)C)sc1C(=O)N1CCNC(=O)[C@H]1Cc1ccccc1. The van der Waals surface area contributed by atoms with Crippen LogP contribution in [0.15, 0.2) is 30.3 Å². The minimum Gasteiger partial charge on any atom is -0.353 e. The normalized spacial score (nSPS) is 17.7. The fourth-order valence-corrected chi connectivity index (χ4v) is 4.02. The van der Waals surface area contributed by atoms with Gasteiger partial charge in [-0.1, -0.05) is 44.2 Å². The number of piperazine rings is 1. The predicted octanol–water partition coefficient (Wildman–Crippen LogP) is 2.76. The molecule has 25 heavy (non-hydrogen) atoms. The number of nitrogens with zero attached hydrogens (tertiary/aromatic N) is 2. The number of hydrogen-bond acceptors (Lipinski definition) is 4. The van der Waals surface area contributed by atoms with Crippen LogP contribution in [0.4, 0.5) is 0 Å². The highest BCUT2D eigenvalue weighted by molar-refractivity contribution is 7.13. The molecular formula is C19H23N3O2S. The van der Waals surface area contributed by atoms with Gasteiger partial charge in [-0.3, -0.25) is 9.59 Å². The monoisotopic (exact) mass is 357 g/mol. The van der Waals surface area contributed by atoms with Crippen molar-refractivity contribution in [1.29, 1.82) is 0 Å². The second-order valence-corrected chi connectivity index (χ2v) is 7.65. The largest absolute Gasteiger partial charge is 0.353 e. The van der Waals surface area contributed by atoms with Crippen LogP contribution in [0.5, 0.6) is 0 Å². The van der Waals surface area contributed by atoms with Gasteiger partial charge in [0.05, 0.1) is 10.7 Å². The van der Waals surface area contributed by atoms with Crippen LogP contribution in [0.1, 0.15) is 45.7 Å². The number of carbonyl (C=O) groups is 2. The maximum absolute atomic E-state index is 13.1. The Morgan fingerprint density at radius 1 is 1.36 bits per heavy atom. The Kier molecular flexibility index (Phi) is 5.18. The number of aromatic nitrogens is 1. The van der Waals surface area contributed by atoms with Crippen LogP contribution in [0.2, 0.25) is 0 Å². The van der Waals surface area contributed by atoms with Crippen molar-refractivity contribution in [3.8, 4) is 0 Å². The molecule has 132 valence electrons. The fraction of sp³-hybridized carbons (Fsp3) is 0.421. The van der Waals surface area contributed by atoms with Crippen molar-refractivity contribution in [2.45, 2.75) is 39.2 Å². The lowest BCUT2D eigenvalue weighted by Crippen LogP contribution is -2.58. The van der Waals surface area contributed by atoms with Crippen LogP contribution in [0.3, 0.4) is 0 Å². The Hall–Kier alpha value is -2.21. The Bertz CT molecular complexity index is 770. The summed E-state index contributed by atoms with van der Waals surface area (Å²) in [6, 6.07) is 9.34. The molecule has 1 aromatic heterocycles. The quantitative estimate of drug-likeness (QED) is 0.915. The third-order valence-electron chi connectivity index (χ3n) is 4.36. The van der Waals surface area contributed by atoms with Crippen molar-refractivity contribution in [3.63, 3.8) is 0 Å². The molecule has 0 aliphatic carbocycles. The van der Waals surface area contributed by atoms with E-state index in [0.717, 1.165) is 16.3 Å². The smallest absolute Gasteiger partial charge is 0.266 e. The molecule has 5 nitrogen and oxygen atoms in total. The van der Waals surface area contributed by atoms with E-state index in [2.05, 4.69) is 24.1 Å². The summed E-state index contributed by atoms with van der Waals surface area (Å²) >= 11 is 1.44. The molecular weight excluding hydrogens is 334 g/mol. The van der Waals surface area contributed by atoms with Gasteiger partial charge in [-0.25, -0.2) is 4.98 Å². The van der Waals surface area contributed by atoms with Crippen molar-refractivity contribution in [2.24, 2.45) is 0 Å². The molecule has 1 saturated heterocycles. The molecule has 0 saturated carbocycles. The zero-order valence-corrected chi connectivity index (χ0v) is 15.6. The fourth-order valence-electron chi connectivity index (χ4n) is 2.99. The van der Waals surface area contributed by atoms with Crippen LogP contribution >= 0.6 is 11.3 Å². The summed E-state index contributed by atoms with van der Waals surface area (Å²) in [4.78, 5) is 32.4. The first-order chi connectivity index (χ1) is 12.0. The lowest BCUT2D eigenvalue weighted by molar-refractivity contribution is -0.127. The summed E-state index contributed by atoms with van der Waals surface area (Å²) in [5.74, 6) is 0.113. The average molecular weight is 357 g/mol. The van der Waals surface area contributed by atoms with E-state index in [1.807, 2.05) is 37.3 Å². The van der Waals surface area contributed by atoms with Gasteiger partial charge in [0.25, 0.3) is 5.91 Å². The number of carbonyl (C=O) groups excluding carboxylic acids is 2. The highest BCUT2D eigenvalue weighted by atomic mass is 32.1. The van der Waals surface area contributed by atoms with Crippen LogP contribution in [-0.4, -0.2) is 40.8 Å². The van der Waals surface area contributed by atoms with Gasteiger partial charge in [0.15, 0.2) is 0 Å². The summed E-state index contributed by atoms with van der Waals surface area (Å²) in [6.45, 7) is 7.02. The number of hydrogen-bond donors (Lipinski definition) is 1. The number of rotatable bonds is 4. The maximum atomic E-state index is 13.1. The molecule has 0 spiro atoms. The Morgan fingerprint density at radius 2 is 2.08 bits per heavy atom. The lowest BCUT2D eigenvalue weighted by atomic mass is 10.0. The molecule has 3 rings (SSSR count). The molecule has 0 unspecified atom stereocenters. The molecule has 0 radical (unpaired) electrons. The highest BCUT2D eigenvalue weighted by Crippen LogP contribution is 2.27. The second kappa shape index (κ2) is 7.35. The molecule has 1 aromatic carbocycles. The van der Waals surface area contributed by atoms with Gasteiger partial charge >= 0.3 is 0 Å². The van der Waals surface area contributed by atoms with E-state index in [1.54, 1.807) is 4.90 Å². The molecule has 0 bridgehead atoms. The van der Waals surface area contributed by atoms with Crippen LogP contribution < -0.4 is 5.32 Å². The minimum absolute atomic E-state index is 0.0855. The molecule has 1 aliphatic rings. The van der Waals surface area contributed by atoms with E-state index in [1.165, 1.54) is 11.3 Å². The first-order valence-corrected chi connectivity index (χ1v) is 9.39. The average Bonchev–Trinajstić information content (AvgIpc) is 2.99. The number of nitrogens with one attached hydrogen (secondary N) is 1. The summed E-state index contributed by atoms with van der Waals surface area (Å²) in [5, 5.41) is 3.84. The topological polar surface area (TPSA) is 62.3 Å². The summed E-state index contributed by atoms with van der Waals surface area (Å²) in [5.41, 5.74) is 1.80. The van der Waals surface area contributed by atoms with Gasteiger partial charge in [0.2, 0.25) is 5.91 Å². The predicted molar refractivity (Wildman–Crippen MR) is 98.9 cm³/mol. The lowest BCUT2D eigenvalue weighted by Gasteiger charge is -2.35. The summed E-state index contributed by atoms with van der Waals surface area (Å²) in [7, 11) is 0. The Morgan fingerprint density at radius 3 is 2.72 bits per heavy atom. The van der Waals surface area contributed by atoms with Crippen LogP contribution in [-0.2, 0) is 11.2 Å². The summed E-state index contributed by atoms with van der Waals surface area (Å²) < 4.78 is 0. The first kappa shape index (κ1) is 17.6. The van der Waals surface area contributed by atoms with Gasteiger partial charge in [0.1, 0.15) is 10.9 Å². The summed E-state index contributed by atoms with van der Waals surface area (Å²) in [6.07, 6.45) is 0.521. The molecule has 1 fully saturated rings. The Labute approximate surface area is 152 Å². The van der Waals surface area contributed by atoms with Crippen molar-refractivity contribution in [2.75, 3.05) is 13.1 Å². The first-order valence-electron chi connectivity index (χ1n) is 8.57. The number of amides is 2. The van der Waals surface area contributed by atoms with Gasteiger partial charge in [0, 0.05) is 25.4 Å². The zero-order chi connectivity index (χ0) is 18.0. The molecule has 1 N–H and O–H groups in total. The maximum Gasteiger partial charge on any atom is 0.266 e. The standard InChI is InChI=1S/C19H23N3O2S/c1-12(2)18-21-13(3)16(25-18)19(24)22-10-9-20-17(23)15(22)11-14-7-5-4-6-8-14/h4-8,12,15H,9-11H2,1-3H3,(H,20,23)/t15-/m1/s1. The molecule has 2 aromatic rings. The van der Waals surface area contributed by atoms with Gasteiger partial charge < -0.3 is 10.2 Å². The third-order valence-corrected chi connectivity index (χ3v) is 5.81. The molecule has 1 aliphatic heterocycles. The van der Waals surface area contributed by atoms with Crippen molar-refractivity contribution in [1.82, 2.24) is 15.2 Å². The molecule has 2 amide bonds. The number of benzene rings is 1. The van der Waals surface area contributed by atoms with Gasteiger partial charge in [-0.05, 0) is 12.5 Å². The number of thiazole rings is 1. The van der Waals surface area contributed by atoms with Crippen LogP contribution in [0, 0.1) is 6.92 Å². The van der Waals surface area contributed by atoms with E-state index < -0.39 is 6.04 Å². The van der Waals surface area contributed by atoms with E-state index in [-0.39, 0.29) is 17.7 Å². The van der Waals surface area contributed by atoms with Crippen molar-refractivity contribution < 1.29 is 9.59 Å². The van der Waals surface area contributed by atoms with E-state index >= 15 is 0 Å². The molecule has 1 atom stereocenters. The van der Waals surface area contributed by atoms with E-state index in [0.29, 0.717) is 24.4 Å². The van der Waals surface area contributed by atoms with Crippen LogP contribution in [0.25, 0.3) is 0 Å². The van der Waals surface area contributed by atoms with E-state index in [4.69, 9.17) is 0 Å². The minimum atomic E-state index is -0.479. The number of aryl methyl sites for hydroxylation is 1. The molecule has 2 heterocycles. The van der Waals surface area contributed by atoms with Gasteiger partial charge in [-0.15, -0.1) is 11.3 Å².